The lowest BCUT2D eigenvalue weighted by atomic mass is 9.97. The second-order valence-corrected chi connectivity index (χ2v) is 4.30. The van der Waals surface area contributed by atoms with E-state index in [1.807, 2.05) is 0 Å². The maximum Gasteiger partial charge on any atom is 0.391 e. The molecule has 0 heterocycles. The molecule has 0 aliphatic heterocycles. The molecule has 0 bridgehead atoms. The van der Waals surface area contributed by atoms with Crippen LogP contribution in [0, 0.1) is 0 Å². The SMILES string of the molecule is CNC1(C(N)=O)CCC(OCCC(F)(F)F)C1. The van der Waals surface area contributed by atoms with Crippen LogP contribution in [0.1, 0.15) is 25.7 Å². The standard InChI is InChI=1S/C10H17F3N2O2/c1-15-9(8(14)16)3-2-7(6-9)17-5-4-10(11,12)13/h7,15H,2-6H2,1H3,(H2,14,16). The van der Waals surface area contributed by atoms with E-state index in [1.54, 1.807) is 7.05 Å². The summed E-state index contributed by atoms with van der Waals surface area (Å²) in [7, 11) is 1.61. The average Bonchev–Trinajstić information content (AvgIpc) is 2.61. The maximum absolute atomic E-state index is 11.9. The van der Waals surface area contributed by atoms with Crippen molar-refractivity contribution in [2.75, 3.05) is 13.7 Å². The minimum Gasteiger partial charge on any atom is -0.378 e. The molecule has 100 valence electrons. The Morgan fingerprint density at radius 3 is 2.65 bits per heavy atom. The van der Waals surface area contributed by atoms with Crippen LogP contribution in [0.3, 0.4) is 0 Å². The highest BCUT2D eigenvalue weighted by atomic mass is 19.4. The number of primary amides is 1. The minimum absolute atomic E-state index is 0.330. The third-order valence-electron chi connectivity index (χ3n) is 3.16. The van der Waals surface area contributed by atoms with Crippen molar-refractivity contribution in [3.8, 4) is 0 Å². The van der Waals surface area contributed by atoms with Gasteiger partial charge in [0.25, 0.3) is 0 Å². The molecule has 3 N–H and O–H groups in total. The van der Waals surface area contributed by atoms with Gasteiger partial charge in [-0.25, -0.2) is 0 Å². The third kappa shape index (κ3) is 3.85. The topological polar surface area (TPSA) is 64.3 Å². The molecule has 0 saturated heterocycles. The van der Waals surface area contributed by atoms with E-state index < -0.39 is 24.0 Å². The summed E-state index contributed by atoms with van der Waals surface area (Å²) < 4.78 is 40.8. The molecule has 1 saturated carbocycles. The van der Waals surface area contributed by atoms with Crippen LogP contribution in [0.5, 0.6) is 0 Å². The molecule has 0 spiro atoms. The Morgan fingerprint density at radius 1 is 1.59 bits per heavy atom. The van der Waals surface area contributed by atoms with Gasteiger partial charge in [0.15, 0.2) is 0 Å². The Kier molecular flexibility index (Phi) is 4.37. The lowest BCUT2D eigenvalue weighted by molar-refractivity contribution is -0.149. The van der Waals surface area contributed by atoms with Crippen LogP contribution in [0.4, 0.5) is 13.2 Å². The number of likely N-dealkylation sites (N-methyl/N-ethyl adjacent to an activating group) is 1. The number of carbonyl (C=O) groups is 1. The number of alkyl halides is 3. The molecule has 1 fully saturated rings. The molecule has 1 rings (SSSR count). The smallest absolute Gasteiger partial charge is 0.378 e. The van der Waals surface area contributed by atoms with E-state index in [0.717, 1.165) is 0 Å². The van der Waals surface area contributed by atoms with Crippen LogP contribution in [0.15, 0.2) is 0 Å². The molecular formula is C10H17F3N2O2. The second-order valence-electron chi connectivity index (χ2n) is 4.30. The van der Waals surface area contributed by atoms with Gasteiger partial charge in [0.2, 0.25) is 5.91 Å². The minimum atomic E-state index is -4.21. The summed E-state index contributed by atoms with van der Waals surface area (Å²) in [5.41, 5.74) is 4.44. The largest absolute Gasteiger partial charge is 0.391 e. The summed E-state index contributed by atoms with van der Waals surface area (Å²) in [6.45, 7) is -0.368. The summed E-state index contributed by atoms with van der Waals surface area (Å²) in [5.74, 6) is -0.484. The molecule has 4 nitrogen and oxygen atoms in total. The van der Waals surface area contributed by atoms with Gasteiger partial charge in [-0.1, -0.05) is 0 Å². The molecule has 0 aromatic rings. The summed E-state index contributed by atoms with van der Waals surface area (Å²) in [4.78, 5) is 11.3. The molecule has 17 heavy (non-hydrogen) atoms. The van der Waals surface area contributed by atoms with E-state index in [4.69, 9.17) is 10.5 Å². The van der Waals surface area contributed by atoms with Crippen LogP contribution in [0.25, 0.3) is 0 Å². The van der Waals surface area contributed by atoms with Gasteiger partial charge in [-0.2, -0.15) is 13.2 Å². The maximum atomic E-state index is 11.9. The summed E-state index contributed by atoms with van der Waals surface area (Å²) >= 11 is 0. The van der Waals surface area contributed by atoms with Crippen molar-refractivity contribution in [1.29, 1.82) is 0 Å². The van der Waals surface area contributed by atoms with Crippen molar-refractivity contribution in [2.24, 2.45) is 5.73 Å². The van der Waals surface area contributed by atoms with E-state index >= 15 is 0 Å². The van der Waals surface area contributed by atoms with Crippen molar-refractivity contribution in [1.82, 2.24) is 5.32 Å². The van der Waals surface area contributed by atoms with Crippen LogP contribution in [-0.4, -0.2) is 37.4 Å². The molecule has 1 amide bonds. The highest BCUT2D eigenvalue weighted by molar-refractivity contribution is 5.85. The first kappa shape index (κ1) is 14.2. The van der Waals surface area contributed by atoms with E-state index in [0.29, 0.717) is 19.3 Å². The Hall–Kier alpha value is -0.820. The quantitative estimate of drug-likeness (QED) is 0.767. The zero-order chi connectivity index (χ0) is 13.1. The normalized spacial score (nSPS) is 29.5. The molecule has 0 aromatic heterocycles. The van der Waals surface area contributed by atoms with Gasteiger partial charge in [0, 0.05) is 6.42 Å². The van der Waals surface area contributed by atoms with E-state index in [-0.39, 0.29) is 12.7 Å². The predicted octanol–water partition coefficient (Wildman–Crippen LogP) is 0.951. The van der Waals surface area contributed by atoms with Gasteiger partial charge >= 0.3 is 6.18 Å². The van der Waals surface area contributed by atoms with E-state index in [1.165, 1.54) is 0 Å². The number of carbonyl (C=O) groups excluding carboxylic acids is 1. The Morgan fingerprint density at radius 2 is 2.24 bits per heavy atom. The van der Waals surface area contributed by atoms with Crippen molar-refractivity contribution in [3.05, 3.63) is 0 Å². The van der Waals surface area contributed by atoms with Gasteiger partial charge in [-0.15, -0.1) is 0 Å². The van der Waals surface area contributed by atoms with Crippen molar-refractivity contribution >= 4 is 5.91 Å². The number of amides is 1. The monoisotopic (exact) mass is 254 g/mol. The van der Waals surface area contributed by atoms with Crippen LogP contribution >= 0.6 is 0 Å². The number of hydrogen-bond donors (Lipinski definition) is 2. The lowest BCUT2D eigenvalue weighted by Crippen LogP contribution is -2.52. The number of halogens is 3. The summed E-state index contributed by atoms with van der Waals surface area (Å²) in [6, 6.07) is 0. The molecule has 1 aliphatic carbocycles. The highest BCUT2D eigenvalue weighted by Gasteiger charge is 2.43. The number of nitrogens with two attached hydrogens (primary N) is 1. The first-order valence-electron chi connectivity index (χ1n) is 5.46. The Balaban J connectivity index is 2.38. The van der Waals surface area contributed by atoms with Gasteiger partial charge in [0.05, 0.1) is 24.7 Å². The zero-order valence-corrected chi connectivity index (χ0v) is 9.64. The van der Waals surface area contributed by atoms with Gasteiger partial charge in [-0.3, -0.25) is 4.79 Å². The average molecular weight is 254 g/mol. The Bertz CT molecular complexity index is 283. The summed E-state index contributed by atoms with van der Waals surface area (Å²) in [5, 5.41) is 2.84. The van der Waals surface area contributed by atoms with Gasteiger partial charge in [-0.05, 0) is 19.9 Å². The summed E-state index contributed by atoms with van der Waals surface area (Å²) in [6.07, 6.45) is -4.14. The van der Waals surface area contributed by atoms with Gasteiger partial charge < -0.3 is 15.8 Å². The van der Waals surface area contributed by atoms with Crippen molar-refractivity contribution < 1.29 is 22.7 Å². The number of rotatable bonds is 5. The fourth-order valence-electron chi connectivity index (χ4n) is 2.06. The fraction of sp³-hybridized carbons (Fsp3) is 0.900. The van der Waals surface area contributed by atoms with E-state index in [2.05, 4.69) is 5.32 Å². The van der Waals surface area contributed by atoms with Crippen LogP contribution in [0.2, 0.25) is 0 Å². The zero-order valence-electron chi connectivity index (χ0n) is 9.64. The molecule has 0 radical (unpaired) electrons. The Labute approximate surface area is 97.7 Å². The first-order chi connectivity index (χ1) is 7.79. The molecular weight excluding hydrogens is 237 g/mol. The van der Waals surface area contributed by atoms with Crippen LogP contribution < -0.4 is 11.1 Å². The second kappa shape index (κ2) is 5.22. The predicted molar refractivity (Wildman–Crippen MR) is 55.2 cm³/mol. The number of ether oxygens (including phenoxy) is 1. The molecule has 2 atom stereocenters. The molecule has 0 aromatic carbocycles. The van der Waals surface area contributed by atoms with Crippen molar-refractivity contribution in [3.63, 3.8) is 0 Å². The molecule has 1 aliphatic rings. The first-order valence-corrected chi connectivity index (χ1v) is 5.46. The molecule has 7 heteroatoms. The van der Waals surface area contributed by atoms with Crippen molar-refractivity contribution in [2.45, 2.75) is 43.5 Å². The van der Waals surface area contributed by atoms with Gasteiger partial charge in [0.1, 0.15) is 0 Å². The number of hydrogen-bond acceptors (Lipinski definition) is 3. The lowest BCUT2D eigenvalue weighted by Gasteiger charge is -2.24. The van der Waals surface area contributed by atoms with Crippen LogP contribution in [-0.2, 0) is 9.53 Å². The molecule has 2 unspecified atom stereocenters. The fourth-order valence-corrected chi connectivity index (χ4v) is 2.06. The number of nitrogens with one attached hydrogen (secondary N) is 1. The third-order valence-corrected chi connectivity index (χ3v) is 3.16. The highest BCUT2D eigenvalue weighted by Crippen LogP contribution is 2.32. The van der Waals surface area contributed by atoms with E-state index in [9.17, 15) is 18.0 Å².